The molecule has 0 saturated carbocycles. The van der Waals surface area contributed by atoms with Gasteiger partial charge in [-0.05, 0) is 20.0 Å². The van der Waals surface area contributed by atoms with Crippen molar-refractivity contribution in [3.05, 3.63) is 6.20 Å². The molecule has 0 spiro atoms. The summed E-state index contributed by atoms with van der Waals surface area (Å²) in [6.45, 7) is 1.20. The molecule has 6 nitrogen and oxygen atoms in total. The largest absolute Gasteiger partial charge is 0.476 e. The number of nitrogens with zero attached hydrogens (tertiary/aromatic N) is 2. The number of ether oxygens (including phenoxy) is 1. The molecule has 2 rings (SSSR count). The van der Waals surface area contributed by atoms with E-state index in [9.17, 15) is 4.79 Å². The molecule has 1 aromatic heterocycles. The number of nitrogens with one attached hydrogen (secondary N) is 2. The van der Waals surface area contributed by atoms with Crippen molar-refractivity contribution < 1.29 is 9.53 Å². The van der Waals surface area contributed by atoms with Crippen LogP contribution in [0.25, 0.3) is 0 Å². The SMILES string of the molecule is CNCC[C@H]1COc2c(cnn2C)NC1=O. The second-order valence-corrected chi connectivity index (χ2v) is 3.88. The molecule has 0 radical (unpaired) electrons. The summed E-state index contributed by atoms with van der Waals surface area (Å²) < 4.78 is 7.21. The highest BCUT2D eigenvalue weighted by atomic mass is 16.5. The Hall–Kier alpha value is -1.56. The van der Waals surface area contributed by atoms with Gasteiger partial charge >= 0.3 is 0 Å². The molecule has 0 unspecified atom stereocenters. The maximum atomic E-state index is 11.8. The van der Waals surface area contributed by atoms with Crippen molar-refractivity contribution in [2.45, 2.75) is 6.42 Å². The molecule has 2 heterocycles. The third-order valence-electron chi connectivity index (χ3n) is 2.68. The fourth-order valence-electron chi connectivity index (χ4n) is 1.71. The number of carbonyl (C=O) groups is 1. The first kappa shape index (κ1) is 10.9. The maximum Gasteiger partial charge on any atom is 0.236 e. The molecule has 1 aromatic rings. The highest BCUT2D eigenvalue weighted by Gasteiger charge is 2.26. The van der Waals surface area contributed by atoms with E-state index in [1.807, 2.05) is 7.05 Å². The van der Waals surface area contributed by atoms with E-state index in [1.54, 1.807) is 17.9 Å². The number of carbonyl (C=O) groups excluding carboxylic acids is 1. The molecular formula is C10H16N4O2. The summed E-state index contributed by atoms with van der Waals surface area (Å²) in [6, 6.07) is 0. The molecule has 1 amide bonds. The van der Waals surface area contributed by atoms with Gasteiger partial charge in [-0.15, -0.1) is 0 Å². The molecule has 6 heteroatoms. The van der Waals surface area contributed by atoms with Gasteiger partial charge in [0.2, 0.25) is 11.8 Å². The first-order valence-electron chi connectivity index (χ1n) is 5.32. The lowest BCUT2D eigenvalue weighted by Crippen LogP contribution is -2.28. The Morgan fingerprint density at radius 3 is 3.31 bits per heavy atom. The molecule has 0 aromatic carbocycles. The Balaban J connectivity index is 2.09. The van der Waals surface area contributed by atoms with E-state index in [0.29, 0.717) is 18.2 Å². The van der Waals surface area contributed by atoms with Crippen LogP contribution < -0.4 is 15.4 Å². The van der Waals surface area contributed by atoms with Crippen LogP contribution in [0.2, 0.25) is 0 Å². The number of aryl methyl sites for hydroxylation is 1. The van der Waals surface area contributed by atoms with E-state index >= 15 is 0 Å². The number of amides is 1. The molecule has 16 heavy (non-hydrogen) atoms. The molecule has 0 bridgehead atoms. The molecule has 0 fully saturated rings. The van der Waals surface area contributed by atoms with Crippen LogP contribution in [0, 0.1) is 5.92 Å². The molecule has 88 valence electrons. The first-order valence-corrected chi connectivity index (χ1v) is 5.32. The Labute approximate surface area is 94.0 Å². The summed E-state index contributed by atoms with van der Waals surface area (Å²) in [5.41, 5.74) is 0.652. The van der Waals surface area contributed by atoms with Crippen LogP contribution in [-0.4, -0.2) is 35.9 Å². The van der Waals surface area contributed by atoms with Gasteiger partial charge < -0.3 is 15.4 Å². The minimum absolute atomic E-state index is 0.00185. The smallest absolute Gasteiger partial charge is 0.236 e. The van der Waals surface area contributed by atoms with Crippen LogP contribution >= 0.6 is 0 Å². The standard InChI is InChI=1S/C10H16N4O2/c1-11-4-3-7-6-16-10-8(13-9(7)15)5-12-14(10)2/h5,7,11H,3-4,6H2,1-2H3,(H,13,15)/t7-/m0/s1. The lowest BCUT2D eigenvalue weighted by atomic mass is 10.1. The summed E-state index contributed by atoms with van der Waals surface area (Å²) in [4.78, 5) is 11.8. The summed E-state index contributed by atoms with van der Waals surface area (Å²) in [6.07, 6.45) is 2.37. The maximum absolute atomic E-state index is 11.8. The summed E-state index contributed by atoms with van der Waals surface area (Å²) >= 11 is 0. The predicted molar refractivity (Wildman–Crippen MR) is 59.4 cm³/mol. The van der Waals surface area contributed by atoms with E-state index in [1.165, 1.54) is 0 Å². The van der Waals surface area contributed by atoms with E-state index in [4.69, 9.17) is 4.74 Å². The average Bonchev–Trinajstić information content (AvgIpc) is 2.53. The highest BCUT2D eigenvalue weighted by molar-refractivity contribution is 5.94. The van der Waals surface area contributed by atoms with E-state index < -0.39 is 0 Å². The molecule has 0 saturated heterocycles. The Morgan fingerprint density at radius 1 is 1.75 bits per heavy atom. The summed E-state index contributed by atoms with van der Waals surface area (Å²) in [7, 11) is 3.66. The second-order valence-electron chi connectivity index (χ2n) is 3.88. The summed E-state index contributed by atoms with van der Waals surface area (Å²) in [5, 5.41) is 9.88. The second kappa shape index (κ2) is 4.52. The highest BCUT2D eigenvalue weighted by Crippen LogP contribution is 2.27. The van der Waals surface area contributed by atoms with Crippen LogP contribution in [0.5, 0.6) is 5.88 Å². The molecular weight excluding hydrogens is 208 g/mol. The van der Waals surface area contributed by atoms with Crippen LogP contribution in [0.3, 0.4) is 0 Å². The molecule has 1 aliphatic rings. The number of hydrogen-bond acceptors (Lipinski definition) is 4. The summed E-state index contributed by atoms with van der Waals surface area (Å²) in [5.74, 6) is 0.516. The van der Waals surface area contributed by atoms with Gasteiger partial charge in [-0.25, -0.2) is 4.68 Å². The molecule has 1 atom stereocenters. The molecule has 2 N–H and O–H groups in total. The fraction of sp³-hybridized carbons (Fsp3) is 0.600. The van der Waals surface area contributed by atoms with Gasteiger partial charge in [0, 0.05) is 7.05 Å². The lowest BCUT2D eigenvalue weighted by molar-refractivity contribution is -0.120. The Bertz CT molecular complexity index is 388. The van der Waals surface area contributed by atoms with Crippen molar-refractivity contribution >= 4 is 11.6 Å². The number of rotatable bonds is 3. The lowest BCUT2D eigenvalue weighted by Gasteiger charge is -2.12. The number of anilines is 1. The van der Waals surface area contributed by atoms with Gasteiger partial charge in [0.1, 0.15) is 12.3 Å². The Morgan fingerprint density at radius 2 is 2.56 bits per heavy atom. The van der Waals surface area contributed by atoms with Crippen LogP contribution in [-0.2, 0) is 11.8 Å². The van der Waals surface area contributed by atoms with E-state index in [0.717, 1.165) is 13.0 Å². The van der Waals surface area contributed by atoms with Gasteiger partial charge in [-0.1, -0.05) is 0 Å². The van der Waals surface area contributed by atoms with Crippen molar-refractivity contribution in [2.75, 3.05) is 25.5 Å². The number of aromatic nitrogens is 2. The van der Waals surface area contributed by atoms with Crippen LogP contribution in [0.4, 0.5) is 5.69 Å². The zero-order valence-corrected chi connectivity index (χ0v) is 9.49. The van der Waals surface area contributed by atoms with Gasteiger partial charge in [0.15, 0.2) is 0 Å². The van der Waals surface area contributed by atoms with Crippen molar-refractivity contribution in [3.63, 3.8) is 0 Å². The molecule has 1 aliphatic heterocycles. The normalized spacial score (nSPS) is 19.6. The number of fused-ring (bicyclic) bond motifs is 1. The quantitative estimate of drug-likeness (QED) is 0.757. The Kier molecular flexibility index (Phi) is 3.09. The fourth-order valence-corrected chi connectivity index (χ4v) is 1.71. The van der Waals surface area contributed by atoms with Crippen molar-refractivity contribution in [1.29, 1.82) is 0 Å². The van der Waals surface area contributed by atoms with Crippen LogP contribution in [0.15, 0.2) is 6.20 Å². The van der Waals surface area contributed by atoms with E-state index in [-0.39, 0.29) is 11.8 Å². The third-order valence-corrected chi connectivity index (χ3v) is 2.68. The van der Waals surface area contributed by atoms with Crippen LogP contribution in [0.1, 0.15) is 6.42 Å². The third kappa shape index (κ3) is 2.01. The zero-order valence-electron chi connectivity index (χ0n) is 9.49. The van der Waals surface area contributed by atoms with Crippen molar-refractivity contribution in [2.24, 2.45) is 13.0 Å². The average molecular weight is 224 g/mol. The monoisotopic (exact) mass is 224 g/mol. The first-order chi connectivity index (χ1) is 7.72. The van der Waals surface area contributed by atoms with Crippen molar-refractivity contribution in [1.82, 2.24) is 15.1 Å². The minimum Gasteiger partial charge on any atom is -0.476 e. The predicted octanol–water partition coefficient (Wildman–Crippen LogP) is -0.0233. The topological polar surface area (TPSA) is 68.2 Å². The van der Waals surface area contributed by atoms with Gasteiger partial charge in [-0.2, -0.15) is 5.10 Å². The molecule has 0 aliphatic carbocycles. The van der Waals surface area contributed by atoms with Gasteiger partial charge in [-0.3, -0.25) is 4.79 Å². The van der Waals surface area contributed by atoms with E-state index in [2.05, 4.69) is 15.7 Å². The zero-order chi connectivity index (χ0) is 11.5. The van der Waals surface area contributed by atoms with Gasteiger partial charge in [0.25, 0.3) is 0 Å². The van der Waals surface area contributed by atoms with Crippen molar-refractivity contribution in [3.8, 4) is 5.88 Å². The number of hydrogen-bond donors (Lipinski definition) is 2. The minimum atomic E-state index is -0.111. The van der Waals surface area contributed by atoms with Gasteiger partial charge in [0.05, 0.1) is 12.1 Å².